The van der Waals surface area contributed by atoms with Crippen LogP contribution in [0, 0.1) is 9.49 Å². The van der Waals surface area contributed by atoms with Crippen LogP contribution in [-0.2, 0) is 0 Å². The molecule has 0 bridgehead atoms. The summed E-state index contributed by atoms with van der Waals surface area (Å²) in [6.45, 7) is 4.54. The fraction of sp³-hybridized carbons (Fsp3) is 0.640. The largest absolute Gasteiger partial charge is 0.465 e. The number of nitrogens with one attached hydrogen (secondary N) is 1. The summed E-state index contributed by atoms with van der Waals surface area (Å²) < 4.78 is 1.11. The van der Waals surface area contributed by atoms with E-state index < -0.39 is 11.6 Å². The van der Waals surface area contributed by atoms with Crippen LogP contribution in [0.15, 0.2) is 29.3 Å². The van der Waals surface area contributed by atoms with Crippen molar-refractivity contribution in [2.45, 2.75) is 89.3 Å². The SMILES string of the molecule is CCCC[C@@H]1[C@@H](C)N(C(=O)O)CC[C@]12C(=NC1CCCCC1)NC(=O)N2c1ccc(I)cc1. The number of hydrogen-bond acceptors (Lipinski definition) is 3. The summed E-state index contributed by atoms with van der Waals surface area (Å²) in [5.41, 5.74) is 0.196. The van der Waals surface area contributed by atoms with Crippen LogP contribution >= 0.6 is 22.6 Å². The van der Waals surface area contributed by atoms with Crippen molar-refractivity contribution >= 4 is 46.2 Å². The fourth-order valence-electron chi connectivity index (χ4n) is 6.07. The third-order valence-corrected chi connectivity index (χ3v) is 8.46. The van der Waals surface area contributed by atoms with Crippen LogP contribution in [-0.4, -0.2) is 52.1 Å². The number of likely N-dealkylation sites (tertiary alicyclic amines) is 1. The van der Waals surface area contributed by atoms with Crippen molar-refractivity contribution in [2.24, 2.45) is 10.9 Å². The summed E-state index contributed by atoms with van der Waals surface area (Å²) in [6.07, 6.45) is 8.21. The molecule has 3 atom stereocenters. The highest BCUT2D eigenvalue weighted by Gasteiger charge is 2.60. The van der Waals surface area contributed by atoms with Crippen LogP contribution in [0.2, 0.25) is 0 Å². The molecule has 0 radical (unpaired) electrons. The molecule has 2 N–H and O–H groups in total. The summed E-state index contributed by atoms with van der Waals surface area (Å²) in [6, 6.07) is 7.90. The zero-order chi connectivity index (χ0) is 23.6. The Morgan fingerprint density at radius 1 is 1.24 bits per heavy atom. The van der Waals surface area contributed by atoms with Crippen LogP contribution in [0.5, 0.6) is 0 Å². The molecule has 2 saturated heterocycles. The lowest BCUT2D eigenvalue weighted by Crippen LogP contribution is -2.66. The highest BCUT2D eigenvalue weighted by atomic mass is 127. The molecular formula is C25H35IN4O3. The number of aliphatic imine (C=N–C) groups is 1. The van der Waals surface area contributed by atoms with E-state index in [2.05, 4.69) is 34.8 Å². The van der Waals surface area contributed by atoms with Gasteiger partial charge >= 0.3 is 12.1 Å². The first-order valence-electron chi connectivity index (χ1n) is 12.3. The second kappa shape index (κ2) is 10.2. The summed E-state index contributed by atoms with van der Waals surface area (Å²) in [5, 5.41) is 13.0. The molecule has 3 aliphatic rings. The molecule has 1 spiro atoms. The molecule has 8 heteroatoms. The van der Waals surface area contributed by atoms with Gasteiger partial charge in [0.1, 0.15) is 11.4 Å². The smallest absolute Gasteiger partial charge is 0.407 e. The minimum absolute atomic E-state index is 0.0390. The van der Waals surface area contributed by atoms with Crippen molar-refractivity contribution in [3.63, 3.8) is 0 Å². The van der Waals surface area contributed by atoms with E-state index in [4.69, 9.17) is 4.99 Å². The zero-order valence-corrected chi connectivity index (χ0v) is 21.8. The van der Waals surface area contributed by atoms with Crippen molar-refractivity contribution in [3.05, 3.63) is 27.8 Å². The maximum Gasteiger partial charge on any atom is 0.407 e. The van der Waals surface area contributed by atoms with Gasteiger partial charge in [0.2, 0.25) is 0 Å². The number of amidine groups is 1. The number of carboxylic acid groups (broad SMARTS) is 1. The number of nitrogens with zero attached hydrogens (tertiary/aromatic N) is 3. The summed E-state index contributed by atoms with van der Waals surface area (Å²) in [4.78, 5) is 34.2. The Balaban J connectivity index is 1.84. The number of benzene rings is 1. The van der Waals surface area contributed by atoms with Crippen molar-refractivity contribution in [1.29, 1.82) is 0 Å². The van der Waals surface area contributed by atoms with Crippen molar-refractivity contribution in [1.82, 2.24) is 10.2 Å². The lowest BCUT2D eigenvalue weighted by atomic mass is 9.69. The second-order valence-electron chi connectivity index (χ2n) is 9.65. The molecule has 1 saturated carbocycles. The monoisotopic (exact) mass is 566 g/mol. The maximum absolute atomic E-state index is 13.5. The highest BCUT2D eigenvalue weighted by molar-refractivity contribution is 14.1. The van der Waals surface area contributed by atoms with Gasteiger partial charge in [0.15, 0.2) is 0 Å². The van der Waals surface area contributed by atoms with Gasteiger partial charge < -0.3 is 10.0 Å². The van der Waals surface area contributed by atoms with Gasteiger partial charge in [0.05, 0.1) is 6.04 Å². The van der Waals surface area contributed by atoms with Crippen LogP contribution in [0.1, 0.15) is 71.6 Å². The van der Waals surface area contributed by atoms with E-state index in [-0.39, 0.29) is 24.0 Å². The standard InChI is InChI=1S/C25H35IN4O3/c1-3-4-10-21-17(2)29(24(32)33)16-15-25(21)22(27-19-8-6-5-7-9-19)28-23(31)30(25)20-13-11-18(26)12-14-20/h11-14,17,19,21H,3-10,15-16H2,1-2H3,(H,32,33)(H,27,28,31)/t17-,21-,25-/m1/s1. The molecule has 2 heterocycles. The van der Waals surface area contributed by atoms with Gasteiger partial charge in [-0.05, 0) is 79.5 Å². The zero-order valence-electron chi connectivity index (χ0n) is 19.6. The van der Waals surface area contributed by atoms with Gasteiger partial charge in [-0.2, -0.15) is 0 Å². The fourth-order valence-corrected chi connectivity index (χ4v) is 6.43. The number of unbranched alkanes of at least 4 members (excludes halogenated alkanes) is 1. The van der Waals surface area contributed by atoms with Crippen LogP contribution < -0.4 is 10.2 Å². The first kappa shape index (κ1) is 24.3. The Morgan fingerprint density at radius 3 is 2.58 bits per heavy atom. The first-order chi connectivity index (χ1) is 15.9. The number of carbonyl (C=O) groups is 2. The van der Waals surface area contributed by atoms with E-state index in [1.807, 2.05) is 36.1 Å². The second-order valence-corrected chi connectivity index (χ2v) is 10.9. The molecule has 33 heavy (non-hydrogen) atoms. The molecule has 2 aliphatic heterocycles. The van der Waals surface area contributed by atoms with E-state index in [9.17, 15) is 14.7 Å². The number of amides is 3. The average Bonchev–Trinajstić information content (AvgIpc) is 3.06. The minimum atomic E-state index is -0.886. The van der Waals surface area contributed by atoms with Crippen LogP contribution in [0.4, 0.5) is 15.3 Å². The number of hydrogen-bond donors (Lipinski definition) is 2. The topological polar surface area (TPSA) is 85.2 Å². The lowest BCUT2D eigenvalue weighted by Gasteiger charge is -2.52. The van der Waals surface area contributed by atoms with E-state index >= 15 is 0 Å². The van der Waals surface area contributed by atoms with Crippen molar-refractivity contribution in [3.8, 4) is 0 Å². The molecule has 0 aromatic heterocycles. The van der Waals surface area contributed by atoms with Crippen molar-refractivity contribution < 1.29 is 14.7 Å². The van der Waals surface area contributed by atoms with Gasteiger partial charge in [-0.15, -0.1) is 0 Å². The molecule has 180 valence electrons. The Kier molecular flexibility index (Phi) is 7.50. The third-order valence-electron chi connectivity index (χ3n) is 7.74. The van der Waals surface area contributed by atoms with E-state index in [0.29, 0.717) is 13.0 Å². The lowest BCUT2D eigenvalue weighted by molar-refractivity contribution is 0.0592. The number of urea groups is 1. The number of piperidine rings is 1. The van der Waals surface area contributed by atoms with Gasteiger partial charge in [0.25, 0.3) is 0 Å². The first-order valence-corrected chi connectivity index (χ1v) is 13.4. The predicted molar refractivity (Wildman–Crippen MR) is 139 cm³/mol. The third kappa shape index (κ3) is 4.59. The van der Waals surface area contributed by atoms with Gasteiger partial charge in [-0.25, -0.2) is 9.59 Å². The number of rotatable bonds is 5. The molecule has 4 rings (SSSR count). The predicted octanol–water partition coefficient (Wildman–Crippen LogP) is 5.87. The number of halogens is 1. The summed E-state index contributed by atoms with van der Waals surface area (Å²) in [7, 11) is 0. The van der Waals surface area contributed by atoms with Gasteiger partial charge in [-0.3, -0.25) is 15.2 Å². The van der Waals surface area contributed by atoms with Gasteiger partial charge in [0, 0.05) is 27.8 Å². The molecular weight excluding hydrogens is 531 g/mol. The van der Waals surface area contributed by atoms with Crippen molar-refractivity contribution in [2.75, 3.05) is 11.4 Å². The number of carbonyl (C=O) groups excluding carboxylic acids is 1. The highest BCUT2D eigenvalue weighted by Crippen LogP contribution is 2.46. The molecule has 1 aromatic carbocycles. The molecule has 3 fully saturated rings. The van der Waals surface area contributed by atoms with Crippen LogP contribution in [0.3, 0.4) is 0 Å². The Bertz CT molecular complexity index is 899. The molecule has 3 amide bonds. The molecule has 1 aromatic rings. The van der Waals surface area contributed by atoms with E-state index in [0.717, 1.165) is 47.2 Å². The molecule has 1 aliphatic carbocycles. The Labute approximate surface area is 210 Å². The molecule has 7 nitrogen and oxygen atoms in total. The van der Waals surface area contributed by atoms with E-state index in [1.165, 1.54) is 19.3 Å². The Morgan fingerprint density at radius 2 is 1.94 bits per heavy atom. The quantitative estimate of drug-likeness (QED) is 0.438. The van der Waals surface area contributed by atoms with Gasteiger partial charge in [-0.1, -0.05) is 39.0 Å². The van der Waals surface area contributed by atoms with E-state index in [1.54, 1.807) is 4.90 Å². The average molecular weight is 566 g/mol. The Hall–Kier alpha value is -1.84. The normalized spacial score (nSPS) is 29.7. The van der Waals surface area contributed by atoms with Crippen LogP contribution in [0.25, 0.3) is 0 Å². The summed E-state index contributed by atoms with van der Waals surface area (Å²) in [5.74, 6) is 0.721. The maximum atomic E-state index is 13.5. The molecule has 0 unspecified atom stereocenters. The summed E-state index contributed by atoms with van der Waals surface area (Å²) >= 11 is 2.27. The minimum Gasteiger partial charge on any atom is -0.465 e. The number of anilines is 1.